The molecule has 0 saturated carbocycles. The molecular formula is C24H30N2O5Si. The first kappa shape index (κ1) is 22.6. The lowest BCUT2D eigenvalue weighted by atomic mass is 9.66. The average Bonchev–Trinajstić information content (AvgIpc) is 3.16. The largest absolute Gasteiger partial charge is 0.470 e. The van der Waals surface area contributed by atoms with Crippen LogP contribution in [-0.4, -0.2) is 30.6 Å². The van der Waals surface area contributed by atoms with Gasteiger partial charge in [-0.15, -0.1) is 0 Å². The number of allylic oxidation sites excluding steroid dienone is 1. The third kappa shape index (κ3) is 3.46. The highest BCUT2D eigenvalue weighted by atomic mass is 28.4. The van der Waals surface area contributed by atoms with E-state index in [4.69, 9.17) is 19.4 Å². The van der Waals surface area contributed by atoms with Crippen LogP contribution in [0.5, 0.6) is 5.88 Å². The van der Waals surface area contributed by atoms with Gasteiger partial charge in [-0.3, -0.25) is 9.59 Å². The van der Waals surface area contributed by atoms with E-state index in [1.165, 1.54) is 6.08 Å². The number of ketones is 2. The Balaban J connectivity index is 1.78. The molecule has 7 nitrogen and oxygen atoms in total. The maximum Gasteiger partial charge on any atom is 0.265 e. The van der Waals surface area contributed by atoms with Crippen molar-refractivity contribution in [2.75, 3.05) is 0 Å². The highest BCUT2D eigenvalue weighted by molar-refractivity contribution is 6.74. The molecule has 0 saturated heterocycles. The van der Waals surface area contributed by atoms with E-state index >= 15 is 0 Å². The summed E-state index contributed by atoms with van der Waals surface area (Å²) in [5.41, 5.74) is 5.91. The second-order valence-corrected chi connectivity index (χ2v) is 14.8. The molecule has 1 aromatic heterocycles. The van der Waals surface area contributed by atoms with E-state index < -0.39 is 31.7 Å². The third-order valence-electron chi connectivity index (χ3n) is 6.98. The highest BCUT2D eigenvalue weighted by Crippen LogP contribution is 2.51. The number of nitrogens with zero attached hydrogens (tertiary/aromatic N) is 1. The topological polar surface area (TPSA) is 105 Å². The van der Waals surface area contributed by atoms with Crippen LogP contribution in [0.15, 0.2) is 47.0 Å². The van der Waals surface area contributed by atoms with Crippen LogP contribution < -0.4 is 10.5 Å². The Kier molecular flexibility index (Phi) is 5.51. The van der Waals surface area contributed by atoms with Gasteiger partial charge < -0.3 is 19.4 Å². The molecule has 8 heteroatoms. The minimum absolute atomic E-state index is 0.0447. The lowest BCUT2D eigenvalue weighted by Crippen LogP contribution is -2.65. The van der Waals surface area contributed by atoms with E-state index in [-0.39, 0.29) is 34.6 Å². The van der Waals surface area contributed by atoms with Gasteiger partial charge in [-0.2, -0.15) is 0 Å². The van der Waals surface area contributed by atoms with Crippen LogP contribution in [0, 0.1) is 5.92 Å². The van der Waals surface area contributed by atoms with Gasteiger partial charge in [0, 0.05) is 5.92 Å². The van der Waals surface area contributed by atoms with E-state index in [0.29, 0.717) is 6.42 Å². The molecule has 4 rings (SSSR count). The van der Waals surface area contributed by atoms with Crippen LogP contribution in [0.1, 0.15) is 54.9 Å². The number of carbonyl (C=O) groups is 2. The van der Waals surface area contributed by atoms with Crippen molar-refractivity contribution in [3.05, 3.63) is 59.4 Å². The fourth-order valence-electron chi connectivity index (χ4n) is 4.12. The summed E-state index contributed by atoms with van der Waals surface area (Å²) in [6.45, 7) is 10.5. The monoisotopic (exact) mass is 454 g/mol. The fraction of sp³-hybridized carbons (Fsp3) is 0.458. The zero-order chi connectivity index (χ0) is 23.3. The number of hydrogen-bond donors (Lipinski definition) is 1. The van der Waals surface area contributed by atoms with Crippen molar-refractivity contribution in [2.45, 2.75) is 63.6 Å². The number of hydrogen-bond acceptors (Lipinski definition) is 7. The van der Waals surface area contributed by atoms with E-state index in [1.807, 2.05) is 43.4 Å². The Labute approximate surface area is 189 Å². The summed E-state index contributed by atoms with van der Waals surface area (Å²) in [6.07, 6.45) is 3.63. The molecule has 2 N–H and O–H groups in total. The Morgan fingerprint density at radius 1 is 1.22 bits per heavy atom. The van der Waals surface area contributed by atoms with Crippen molar-refractivity contribution in [3.8, 4) is 5.88 Å². The van der Waals surface area contributed by atoms with E-state index in [0.717, 1.165) is 5.56 Å². The van der Waals surface area contributed by atoms with Crippen molar-refractivity contribution in [2.24, 2.45) is 11.7 Å². The van der Waals surface area contributed by atoms with Gasteiger partial charge in [0.05, 0.1) is 6.04 Å². The molecule has 2 aromatic rings. The summed E-state index contributed by atoms with van der Waals surface area (Å²) in [5, 5.41) is 3.79. The number of Topliss-reactive ketones (excluding diaryl/α,β-unsaturated/α-hetero) is 1. The van der Waals surface area contributed by atoms with Gasteiger partial charge in [-0.1, -0.05) is 57.2 Å². The molecule has 0 amide bonds. The molecule has 32 heavy (non-hydrogen) atoms. The Bertz CT molecular complexity index is 1070. The van der Waals surface area contributed by atoms with Gasteiger partial charge >= 0.3 is 0 Å². The molecular weight excluding hydrogens is 424 g/mol. The maximum atomic E-state index is 14.0. The fourth-order valence-corrected chi connectivity index (χ4v) is 5.57. The van der Waals surface area contributed by atoms with Gasteiger partial charge in [-0.25, -0.2) is 0 Å². The second kappa shape index (κ2) is 7.79. The van der Waals surface area contributed by atoms with Crippen molar-refractivity contribution >= 4 is 19.9 Å². The summed E-state index contributed by atoms with van der Waals surface area (Å²) in [4.78, 5) is 27.4. The van der Waals surface area contributed by atoms with Crippen LogP contribution in [0.3, 0.4) is 0 Å². The molecule has 1 aromatic carbocycles. The molecule has 1 unspecified atom stereocenters. The molecule has 2 aliphatic rings. The van der Waals surface area contributed by atoms with Crippen LogP contribution in [-0.2, 0) is 15.8 Å². The van der Waals surface area contributed by atoms with Gasteiger partial charge in [0.15, 0.2) is 25.5 Å². The zero-order valence-electron chi connectivity index (χ0n) is 19.2. The van der Waals surface area contributed by atoms with E-state index in [1.54, 1.807) is 6.08 Å². The van der Waals surface area contributed by atoms with Crippen LogP contribution in [0.25, 0.3) is 0 Å². The third-order valence-corrected chi connectivity index (χ3v) is 11.4. The van der Waals surface area contributed by atoms with Crippen LogP contribution >= 0.6 is 0 Å². The molecule has 3 atom stereocenters. The molecule has 0 bridgehead atoms. The summed E-state index contributed by atoms with van der Waals surface area (Å²) in [7, 11) is -2.54. The first-order chi connectivity index (χ1) is 15.0. The average molecular weight is 455 g/mol. The number of aromatic nitrogens is 1. The quantitative estimate of drug-likeness (QED) is 0.529. The second-order valence-electron chi connectivity index (χ2n) is 10.1. The number of rotatable bonds is 5. The Morgan fingerprint density at radius 2 is 1.91 bits per heavy atom. The standard InChI is InChI=1S/C24H30N2O5Si/c1-23(2,3)32(4,5)31-24-16(12-9-13-17(24)27)19(25)20-18(21(24)28)22(26-30-20)29-14-15-10-7-6-8-11-15/h6-11,13,16,19H,12,14,25H2,1-5H3/t16-,19-,24?/m0/s1. The van der Waals surface area contributed by atoms with Gasteiger partial charge in [0.2, 0.25) is 5.78 Å². The predicted octanol–water partition coefficient (Wildman–Crippen LogP) is 4.36. The summed E-state index contributed by atoms with van der Waals surface area (Å²) in [5.74, 6) is -1.12. The smallest absolute Gasteiger partial charge is 0.265 e. The van der Waals surface area contributed by atoms with Crippen molar-refractivity contribution in [3.63, 3.8) is 0 Å². The van der Waals surface area contributed by atoms with E-state index in [2.05, 4.69) is 25.9 Å². The van der Waals surface area contributed by atoms with E-state index in [9.17, 15) is 9.59 Å². The summed E-state index contributed by atoms with van der Waals surface area (Å²) >= 11 is 0. The number of fused-ring (bicyclic) bond motifs is 2. The predicted molar refractivity (Wildman–Crippen MR) is 122 cm³/mol. The Hall–Kier alpha value is -2.55. The normalized spacial score (nSPS) is 25.4. The van der Waals surface area contributed by atoms with Crippen molar-refractivity contribution in [1.82, 2.24) is 5.16 Å². The van der Waals surface area contributed by atoms with Crippen molar-refractivity contribution in [1.29, 1.82) is 0 Å². The zero-order valence-corrected chi connectivity index (χ0v) is 20.2. The first-order valence-electron chi connectivity index (χ1n) is 10.9. The lowest BCUT2D eigenvalue weighted by molar-refractivity contribution is -0.133. The summed E-state index contributed by atoms with van der Waals surface area (Å²) < 4.78 is 18.0. The van der Waals surface area contributed by atoms with Gasteiger partial charge in [0.1, 0.15) is 12.2 Å². The highest BCUT2D eigenvalue weighted by Gasteiger charge is 2.64. The van der Waals surface area contributed by atoms with Crippen LogP contribution in [0.4, 0.5) is 0 Å². The molecule has 0 spiro atoms. The summed E-state index contributed by atoms with van der Waals surface area (Å²) in [6, 6.07) is 8.81. The van der Waals surface area contributed by atoms with Gasteiger partial charge in [-0.05, 0) is 41.3 Å². The minimum Gasteiger partial charge on any atom is -0.470 e. The lowest BCUT2D eigenvalue weighted by Gasteiger charge is -2.50. The number of nitrogens with two attached hydrogens (primary N) is 1. The molecule has 1 heterocycles. The van der Waals surface area contributed by atoms with Crippen molar-refractivity contribution < 1.29 is 23.3 Å². The Morgan fingerprint density at radius 3 is 2.56 bits per heavy atom. The molecule has 0 radical (unpaired) electrons. The number of carbonyl (C=O) groups excluding carboxylic acids is 2. The SMILES string of the molecule is CC(C)(C)[Si](C)(C)OC12C(=O)C=CC[C@H]1[C@H](N)c1onc(OCc3ccccc3)c1C2=O. The maximum absolute atomic E-state index is 14.0. The molecule has 0 fully saturated rings. The number of benzene rings is 1. The first-order valence-corrected chi connectivity index (χ1v) is 13.8. The molecule has 2 aliphatic carbocycles. The van der Waals surface area contributed by atoms with Gasteiger partial charge in [0.25, 0.3) is 5.88 Å². The van der Waals surface area contributed by atoms with Crippen LogP contribution in [0.2, 0.25) is 18.1 Å². The molecule has 170 valence electrons. The number of ether oxygens (including phenoxy) is 1. The minimum atomic E-state index is -2.54. The molecule has 0 aliphatic heterocycles.